The Morgan fingerprint density at radius 1 is 0.909 bits per heavy atom. The standard InChI is InChI=1S/C18H38INO.HI/c1-3-4-5-6-7-8-9-10-11-12-13-20-16-17(2)14-18(21)15-19;/h17-18,20-21H,3-16H2,1-2H3;1H. The average molecular weight is 539 g/mol. The zero-order valence-corrected chi connectivity index (χ0v) is 19.3. The maximum absolute atomic E-state index is 9.58. The molecule has 0 spiro atoms. The van der Waals surface area contributed by atoms with Gasteiger partial charge in [-0.1, -0.05) is 94.2 Å². The lowest BCUT2D eigenvalue weighted by atomic mass is 10.0. The van der Waals surface area contributed by atoms with E-state index in [1.54, 1.807) is 0 Å². The smallest absolute Gasteiger partial charge is 0.0632 e. The third-order valence-electron chi connectivity index (χ3n) is 4.05. The Morgan fingerprint density at radius 3 is 1.91 bits per heavy atom. The van der Waals surface area contributed by atoms with E-state index < -0.39 is 0 Å². The molecule has 0 rings (SSSR count). The van der Waals surface area contributed by atoms with Gasteiger partial charge in [-0.3, -0.25) is 0 Å². The van der Waals surface area contributed by atoms with Crippen LogP contribution in [-0.4, -0.2) is 28.7 Å². The molecule has 2 unspecified atom stereocenters. The first-order chi connectivity index (χ1) is 10.2. The van der Waals surface area contributed by atoms with Crippen LogP contribution in [0.2, 0.25) is 0 Å². The summed E-state index contributed by atoms with van der Waals surface area (Å²) in [6.45, 7) is 6.69. The van der Waals surface area contributed by atoms with E-state index in [0.29, 0.717) is 5.92 Å². The molecule has 0 aromatic rings. The van der Waals surface area contributed by atoms with E-state index in [2.05, 4.69) is 41.8 Å². The average Bonchev–Trinajstić information content (AvgIpc) is 2.48. The molecule has 2 nitrogen and oxygen atoms in total. The Hall–Kier alpha value is 1.38. The lowest BCUT2D eigenvalue weighted by Crippen LogP contribution is -2.25. The fourth-order valence-corrected chi connectivity index (χ4v) is 3.06. The van der Waals surface area contributed by atoms with Gasteiger partial charge in [0.2, 0.25) is 0 Å². The number of nitrogens with one attached hydrogen (secondary N) is 1. The summed E-state index contributed by atoms with van der Waals surface area (Å²) in [5.74, 6) is 0.581. The molecule has 0 aliphatic heterocycles. The Labute approximate surface area is 170 Å². The molecular formula is C18H39I2NO. The van der Waals surface area contributed by atoms with E-state index in [9.17, 15) is 5.11 Å². The predicted molar refractivity (Wildman–Crippen MR) is 119 cm³/mol. The molecule has 136 valence electrons. The van der Waals surface area contributed by atoms with Crippen LogP contribution in [0.25, 0.3) is 0 Å². The summed E-state index contributed by atoms with van der Waals surface area (Å²) in [4.78, 5) is 0. The van der Waals surface area contributed by atoms with Crippen molar-refractivity contribution in [2.24, 2.45) is 5.92 Å². The summed E-state index contributed by atoms with van der Waals surface area (Å²) < 4.78 is 0.848. The van der Waals surface area contributed by atoms with Crippen LogP contribution in [0, 0.1) is 5.92 Å². The predicted octanol–water partition coefficient (Wildman–Crippen LogP) is 5.94. The van der Waals surface area contributed by atoms with Crippen molar-refractivity contribution >= 4 is 46.6 Å². The van der Waals surface area contributed by atoms with Gasteiger partial charge >= 0.3 is 0 Å². The van der Waals surface area contributed by atoms with Crippen LogP contribution in [-0.2, 0) is 0 Å². The minimum Gasteiger partial charge on any atom is -0.392 e. The van der Waals surface area contributed by atoms with Crippen LogP contribution in [0.4, 0.5) is 0 Å². The van der Waals surface area contributed by atoms with Gasteiger partial charge in [0.25, 0.3) is 0 Å². The summed E-state index contributed by atoms with van der Waals surface area (Å²) in [5.41, 5.74) is 0. The molecule has 0 heterocycles. The highest BCUT2D eigenvalue weighted by Gasteiger charge is 2.08. The quantitative estimate of drug-likeness (QED) is 0.145. The van der Waals surface area contributed by atoms with Crippen LogP contribution < -0.4 is 5.32 Å². The van der Waals surface area contributed by atoms with E-state index in [-0.39, 0.29) is 30.1 Å². The Bertz CT molecular complexity index is 206. The summed E-state index contributed by atoms with van der Waals surface area (Å²) in [5, 5.41) is 13.1. The molecule has 4 heteroatoms. The molecule has 0 saturated heterocycles. The second-order valence-electron chi connectivity index (χ2n) is 6.54. The number of halogens is 2. The van der Waals surface area contributed by atoms with Crippen LogP contribution in [0.15, 0.2) is 0 Å². The fourth-order valence-electron chi connectivity index (χ4n) is 2.70. The lowest BCUT2D eigenvalue weighted by Gasteiger charge is -2.15. The molecule has 0 radical (unpaired) electrons. The van der Waals surface area contributed by atoms with Crippen molar-refractivity contribution in [3.05, 3.63) is 0 Å². The van der Waals surface area contributed by atoms with Crippen LogP contribution >= 0.6 is 46.6 Å². The molecule has 2 N–H and O–H groups in total. The van der Waals surface area contributed by atoms with E-state index >= 15 is 0 Å². The number of hydrogen-bond donors (Lipinski definition) is 2. The van der Waals surface area contributed by atoms with E-state index in [0.717, 1.165) is 23.9 Å². The van der Waals surface area contributed by atoms with Gasteiger partial charge in [0.1, 0.15) is 0 Å². The lowest BCUT2D eigenvalue weighted by molar-refractivity contribution is 0.170. The maximum Gasteiger partial charge on any atom is 0.0632 e. The summed E-state index contributed by atoms with van der Waals surface area (Å²) in [6, 6.07) is 0. The zero-order valence-electron chi connectivity index (χ0n) is 14.8. The Kier molecular flexibility index (Phi) is 23.8. The number of unbranched alkanes of at least 4 members (excludes halogenated alkanes) is 9. The number of aliphatic hydroxyl groups is 1. The molecule has 0 aromatic heterocycles. The van der Waals surface area contributed by atoms with Crippen molar-refractivity contribution in [1.29, 1.82) is 0 Å². The molecule has 0 fully saturated rings. The first-order valence-electron chi connectivity index (χ1n) is 9.15. The second kappa shape index (κ2) is 20.4. The van der Waals surface area contributed by atoms with Crippen molar-refractivity contribution in [2.75, 3.05) is 17.5 Å². The molecule has 0 saturated carbocycles. The molecule has 0 aliphatic carbocycles. The first-order valence-corrected chi connectivity index (χ1v) is 10.7. The fraction of sp³-hybridized carbons (Fsp3) is 1.00. The SMILES string of the molecule is CCCCCCCCCCCCNCC(C)CC(O)CI.I. The van der Waals surface area contributed by atoms with E-state index in [1.807, 2.05) is 0 Å². The molecule has 2 atom stereocenters. The van der Waals surface area contributed by atoms with Crippen molar-refractivity contribution < 1.29 is 5.11 Å². The third-order valence-corrected chi connectivity index (χ3v) is 5.07. The van der Waals surface area contributed by atoms with Crippen LogP contribution in [0.5, 0.6) is 0 Å². The summed E-state index contributed by atoms with van der Waals surface area (Å²) in [7, 11) is 0. The van der Waals surface area contributed by atoms with Crippen LogP contribution in [0.1, 0.15) is 84.5 Å². The molecule has 0 aromatic carbocycles. The minimum absolute atomic E-state index is 0. The number of aliphatic hydroxyl groups excluding tert-OH is 1. The van der Waals surface area contributed by atoms with Crippen molar-refractivity contribution in [3.63, 3.8) is 0 Å². The Morgan fingerprint density at radius 2 is 1.41 bits per heavy atom. The zero-order chi connectivity index (χ0) is 15.8. The first kappa shape index (κ1) is 25.6. The summed E-state index contributed by atoms with van der Waals surface area (Å²) >= 11 is 2.25. The van der Waals surface area contributed by atoms with Crippen molar-refractivity contribution in [1.82, 2.24) is 5.32 Å². The van der Waals surface area contributed by atoms with Gasteiger partial charge in [0, 0.05) is 4.43 Å². The van der Waals surface area contributed by atoms with Gasteiger partial charge < -0.3 is 10.4 Å². The topological polar surface area (TPSA) is 32.3 Å². The molecule has 0 aliphatic rings. The normalized spacial score (nSPS) is 13.6. The number of alkyl halides is 1. The van der Waals surface area contributed by atoms with Gasteiger partial charge in [-0.15, -0.1) is 24.0 Å². The molecule has 0 bridgehead atoms. The second-order valence-corrected chi connectivity index (χ2v) is 7.42. The molecular weight excluding hydrogens is 500 g/mol. The van der Waals surface area contributed by atoms with Crippen molar-refractivity contribution in [2.45, 2.75) is 90.6 Å². The van der Waals surface area contributed by atoms with Gasteiger partial charge in [0.15, 0.2) is 0 Å². The number of rotatable bonds is 16. The highest BCUT2D eigenvalue weighted by molar-refractivity contribution is 14.1. The minimum atomic E-state index is -0.125. The third kappa shape index (κ3) is 19.4. The largest absolute Gasteiger partial charge is 0.392 e. The van der Waals surface area contributed by atoms with Gasteiger partial charge in [-0.05, 0) is 31.8 Å². The highest BCUT2D eigenvalue weighted by atomic mass is 127. The molecule has 22 heavy (non-hydrogen) atoms. The maximum atomic E-state index is 9.58. The highest BCUT2D eigenvalue weighted by Crippen LogP contribution is 2.10. The van der Waals surface area contributed by atoms with E-state index in [1.165, 1.54) is 64.2 Å². The summed E-state index contributed by atoms with van der Waals surface area (Å²) in [6.07, 6.45) is 14.8. The van der Waals surface area contributed by atoms with Gasteiger partial charge in [-0.25, -0.2) is 0 Å². The van der Waals surface area contributed by atoms with E-state index in [4.69, 9.17) is 0 Å². The van der Waals surface area contributed by atoms with Gasteiger partial charge in [-0.2, -0.15) is 0 Å². The monoisotopic (exact) mass is 539 g/mol. The van der Waals surface area contributed by atoms with Gasteiger partial charge in [0.05, 0.1) is 6.10 Å². The van der Waals surface area contributed by atoms with Crippen molar-refractivity contribution in [3.8, 4) is 0 Å². The number of hydrogen-bond acceptors (Lipinski definition) is 2. The molecule has 0 amide bonds. The van der Waals surface area contributed by atoms with Crippen LogP contribution in [0.3, 0.4) is 0 Å². The Balaban J connectivity index is 0.